The Morgan fingerprint density at radius 3 is 2.27 bits per heavy atom. The second kappa shape index (κ2) is 8.80. The van der Waals surface area contributed by atoms with Crippen molar-refractivity contribution in [2.75, 3.05) is 26.2 Å². The molecule has 0 aromatic heterocycles. The van der Waals surface area contributed by atoms with Crippen LogP contribution in [0.4, 0.5) is 0 Å². The lowest BCUT2D eigenvalue weighted by Gasteiger charge is -2.22. The first kappa shape index (κ1) is 19.1. The van der Waals surface area contributed by atoms with Crippen molar-refractivity contribution in [2.45, 2.75) is 37.6 Å². The zero-order valence-electron chi connectivity index (χ0n) is 15.5. The van der Waals surface area contributed by atoms with Gasteiger partial charge in [-0.05, 0) is 42.6 Å². The van der Waals surface area contributed by atoms with Crippen LogP contribution in [0.3, 0.4) is 0 Å². The van der Waals surface area contributed by atoms with E-state index in [4.69, 9.17) is 0 Å². The number of hydrogen-bond donors (Lipinski definition) is 0. The molecule has 26 heavy (non-hydrogen) atoms. The average molecular weight is 373 g/mol. The molecule has 0 saturated carbocycles. The molecule has 1 aliphatic rings. The van der Waals surface area contributed by atoms with E-state index < -0.39 is 10.0 Å². The molecule has 0 radical (unpaired) electrons. The molecule has 4 nitrogen and oxygen atoms in total. The Balaban J connectivity index is 1.65. The second-order valence-corrected chi connectivity index (χ2v) is 8.85. The van der Waals surface area contributed by atoms with Gasteiger partial charge >= 0.3 is 0 Å². The number of aryl methyl sites for hydroxylation is 1. The van der Waals surface area contributed by atoms with Crippen LogP contribution in [0.25, 0.3) is 0 Å². The van der Waals surface area contributed by atoms with E-state index in [0.717, 1.165) is 38.9 Å². The van der Waals surface area contributed by atoms with E-state index in [1.165, 1.54) is 11.1 Å². The van der Waals surface area contributed by atoms with Crippen LogP contribution in [0.2, 0.25) is 0 Å². The maximum Gasteiger partial charge on any atom is 0.243 e. The van der Waals surface area contributed by atoms with Crippen LogP contribution in [-0.4, -0.2) is 43.8 Å². The predicted molar refractivity (Wildman–Crippen MR) is 106 cm³/mol. The summed E-state index contributed by atoms with van der Waals surface area (Å²) < 4.78 is 27.6. The van der Waals surface area contributed by atoms with E-state index in [2.05, 4.69) is 24.0 Å². The van der Waals surface area contributed by atoms with Crippen LogP contribution in [0.5, 0.6) is 0 Å². The van der Waals surface area contributed by atoms with Crippen LogP contribution in [0.15, 0.2) is 59.5 Å². The minimum Gasteiger partial charge on any atom is -0.298 e. The minimum atomic E-state index is -3.41. The standard InChI is InChI=1S/C21H28N2O2S/c1-2-7-19-10-12-21(13-11-19)26(24,25)23-15-6-14-22(16-17-23)18-20-8-4-3-5-9-20/h3-5,8-13H,2,6-7,14-18H2,1H3. The highest BCUT2D eigenvalue weighted by molar-refractivity contribution is 7.89. The summed E-state index contributed by atoms with van der Waals surface area (Å²) in [7, 11) is -3.41. The van der Waals surface area contributed by atoms with Gasteiger partial charge in [-0.15, -0.1) is 0 Å². The molecule has 2 aromatic carbocycles. The number of hydrogen-bond acceptors (Lipinski definition) is 3. The van der Waals surface area contributed by atoms with Gasteiger partial charge in [0.2, 0.25) is 10.0 Å². The zero-order valence-corrected chi connectivity index (χ0v) is 16.3. The molecule has 2 aromatic rings. The molecule has 0 spiro atoms. The van der Waals surface area contributed by atoms with E-state index in [0.29, 0.717) is 18.0 Å². The Kier molecular flexibility index (Phi) is 6.46. The predicted octanol–water partition coefficient (Wildman–Crippen LogP) is 3.54. The molecular formula is C21H28N2O2S. The molecule has 1 aliphatic heterocycles. The number of rotatable bonds is 6. The van der Waals surface area contributed by atoms with Crippen LogP contribution >= 0.6 is 0 Å². The van der Waals surface area contributed by atoms with Crippen molar-refractivity contribution in [2.24, 2.45) is 0 Å². The summed E-state index contributed by atoms with van der Waals surface area (Å²) in [6.45, 7) is 5.83. The zero-order chi connectivity index (χ0) is 18.4. The molecule has 0 aliphatic carbocycles. The van der Waals surface area contributed by atoms with Crippen molar-refractivity contribution in [3.8, 4) is 0 Å². The Bertz CT molecular complexity index is 789. The third-order valence-electron chi connectivity index (χ3n) is 4.90. The monoisotopic (exact) mass is 372 g/mol. The quantitative estimate of drug-likeness (QED) is 0.779. The van der Waals surface area contributed by atoms with Crippen LogP contribution in [0.1, 0.15) is 30.9 Å². The first-order chi connectivity index (χ1) is 12.6. The van der Waals surface area contributed by atoms with E-state index in [-0.39, 0.29) is 0 Å². The minimum absolute atomic E-state index is 0.411. The molecule has 1 saturated heterocycles. The third-order valence-corrected chi connectivity index (χ3v) is 6.81. The maximum absolute atomic E-state index is 13.0. The molecular weight excluding hydrogens is 344 g/mol. The third kappa shape index (κ3) is 4.72. The summed E-state index contributed by atoms with van der Waals surface area (Å²) in [6, 6.07) is 17.8. The first-order valence-corrected chi connectivity index (χ1v) is 10.9. The first-order valence-electron chi connectivity index (χ1n) is 9.45. The maximum atomic E-state index is 13.0. The van der Waals surface area contributed by atoms with Gasteiger partial charge in [-0.3, -0.25) is 4.90 Å². The molecule has 1 fully saturated rings. The van der Waals surface area contributed by atoms with Crippen molar-refractivity contribution in [1.82, 2.24) is 9.21 Å². The molecule has 0 bridgehead atoms. The average Bonchev–Trinajstić information content (AvgIpc) is 2.89. The molecule has 1 heterocycles. The molecule has 0 N–H and O–H groups in total. The highest BCUT2D eigenvalue weighted by Crippen LogP contribution is 2.19. The Labute approximate surface area is 157 Å². The lowest BCUT2D eigenvalue weighted by molar-refractivity contribution is 0.278. The Morgan fingerprint density at radius 1 is 0.846 bits per heavy atom. The molecule has 0 atom stereocenters. The number of nitrogens with zero attached hydrogens (tertiary/aromatic N) is 2. The van der Waals surface area contributed by atoms with Gasteiger partial charge in [0.15, 0.2) is 0 Å². The number of benzene rings is 2. The lowest BCUT2D eigenvalue weighted by atomic mass is 10.1. The van der Waals surface area contributed by atoms with Gasteiger partial charge in [0.05, 0.1) is 4.90 Å². The highest BCUT2D eigenvalue weighted by atomic mass is 32.2. The van der Waals surface area contributed by atoms with Crippen LogP contribution < -0.4 is 0 Å². The smallest absolute Gasteiger partial charge is 0.243 e. The summed E-state index contributed by atoms with van der Waals surface area (Å²) in [6.07, 6.45) is 2.91. The van der Waals surface area contributed by atoms with E-state index in [1.54, 1.807) is 16.4 Å². The normalized spacial score (nSPS) is 17.1. The van der Waals surface area contributed by atoms with Crippen LogP contribution in [-0.2, 0) is 23.0 Å². The van der Waals surface area contributed by atoms with E-state index >= 15 is 0 Å². The fraction of sp³-hybridized carbons (Fsp3) is 0.429. The van der Waals surface area contributed by atoms with Gasteiger partial charge in [0.1, 0.15) is 0 Å². The van der Waals surface area contributed by atoms with Crippen LogP contribution in [0, 0.1) is 0 Å². The van der Waals surface area contributed by atoms with Gasteiger partial charge in [0.25, 0.3) is 0 Å². The lowest BCUT2D eigenvalue weighted by Crippen LogP contribution is -2.35. The van der Waals surface area contributed by atoms with Crippen molar-refractivity contribution in [3.63, 3.8) is 0 Å². The molecule has 0 amide bonds. The van der Waals surface area contributed by atoms with E-state index in [1.807, 2.05) is 30.3 Å². The Hall–Kier alpha value is -1.69. The van der Waals surface area contributed by atoms with Crippen molar-refractivity contribution >= 4 is 10.0 Å². The molecule has 5 heteroatoms. The Morgan fingerprint density at radius 2 is 1.58 bits per heavy atom. The number of sulfonamides is 1. The van der Waals surface area contributed by atoms with Crippen molar-refractivity contribution in [1.29, 1.82) is 0 Å². The topological polar surface area (TPSA) is 40.6 Å². The molecule has 3 rings (SSSR count). The van der Waals surface area contributed by atoms with Gasteiger partial charge in [-0.1, -0.05) is 55.8 Å². The van der Waals surface area contributed by atoms with Gasteiger partial charge in [-0.25, -0.2) is 8.42 Å². The summed E-state index contributed by atoms with van der Waals surface area (Å²) in [5.41, 5.74) is 2.46. The SMILES string of the molecule is CCCc1ccc(S(=O)(=O)N2CCCN(Cc3ccccc3)CC2)cc1. The van der Waals surface area contributed by atoms with Crippen molar-refractivity contribution < 1.29 is 8.42 Å². The summed E-state index contributed by atoms with van der Waals surface area (Å²) >= 11 is 0. The van der Waals surface area contributed by atoms with Gasteiger partial charge in [0, 0.05) is 26.2 Å². The van der Waals surface area contributed by atoms with Crippen molar-refractivity contribution in [3.05, 3.63) is 65.7 Å². The summed E-state index contributed by atoms with van der Waals surface area (Å²) in [5.74, 6) is 0. The summed E-state index contributed by atoms with van der Waals surface area (Å²) in [5, 5.41) is 0. The summed E-state index contributed by atoms with van der Waals surface area (Å²) in [4.78, 5) is 2.75. The van der Waals surface area contributed by atoms with E-state index in [9.17, 15) is 8.42 Å². The van der Waals surface area contributed by atoms with Gasteiger partial charge in [-0.2, -0.15) is 4.31 Å². The second-order valence-electron chi connectivity index (χ2n) is 6.91. The highest BCUT2D eigenvalue weighted by Gasteiger charge is 2.26. The fourth-order valence-corrected chi connectivity index (χ4v) is 4.92. The molecule has 0 unspecified atom stereocenters. The fourth-order valence-electron chi connectivity index (χ4n) is 3.45. The molecule has 140 valence electrons. The van der Waals surface area contributed by atoms with Gasteiger partial charge < -0.3 is 0 Å². The largest absolute Gasteiger partial charge is 0.298 e.